The summed E-state index contributed by atoms with van der Waals surface area (Å²) in [5, 5.41) is 1.49. The Morgan fingerprint density at radius 3 is 2.71 bits per heavy atom. The molecule has 0 spiro atoms. The zero-order valence-electron chi connectivity index (χ0n) is 9.50. The fourth-order valence-electron chi connectivity index (χ4n) is 1.47. The van der Waals surface area contributed by atoms with E-state index < -0.39 is 0 Å². The Bertz CT molecular complexity index is 551. The highest BCUT2D eigenvalue weighted by Crippen LogP contribution is 2.35. The highest BCUT2D eigenvalue weighted by atomic mass is 79.9. The topological polar surface area (TPSA) is 38.9 Å². The Balaban J connectivity index is 2.56. The van der Waals surface area contributed by atoms with Gasteiger partial charge in [0.15, 0.2) is 0 Å². The summed E-state index contributed by atoms with van der Waals surface area (Å²) in [6, 6.07) is 4.77. The highest BCUT2D eigenvalue weighted by Gasteiger charge is 2.16. The van der Waals surface area contributed by atoms with Crippen LogP contribution in [0, 0.1) is 5.82 Å². The van der Waals surface area contributed by atoms with Gasteiger partial charge in [-0.15, -0.1) is 11.3 Å². The van der Waals surface area contributed by atoms with Gasteiger partial charge < -0.3 is 5.73 Å². The smallest absolute Gasteiger partial charge is 0.132 e. The Kier molecular flexibility index (Phi) is 3.49. The molecular formula is C12H12BrFN2S. The van der Waals surface area contributed by atoms with Crippen molar-refractivity contribution in [3.63, 3.8) is 0 Å². The molecule has 2 aromatic rings. The standard InChI is InChI=1S/C12H12BrFN2S/c1-6(2)12-16-10(11(15)17-12)8-5-7(13)3-4-9(8)14/h3-6H,15H2,1-2H3. The van der Waals surface area contributed by atoms with Crippen molar-refractivity contribution in [1.29, 1.82) is 0 Å². The molecule has 5 heteroatoms. The first-order valence-corrected chi connectivity index (χ1v) is 6.81. The second-order valence-electron chi connectivity index (χ2n) is 4.04. The van der Waals surface area contributed by atoms with E-state index in [-0.39, 0.29) is 5.82 Å². The molecular weight excluding hydrogens is 303 g/mol. The lowest BCUT2D eigenvalue weighted by atomic mass is 10.1. The van der Waals surface area contributed by atoms with Gasteiger partial charge in [-0.1, -0.05) is 29.8 Å². The van der Waals surface area contributed by atoms with E-state index in [1.54, 1.807) is 12.1 Å². The maximum Gasteiger partial charge on any atom is 0.132 e. The van der Waals surface area contributed by atoms with Crippen LogP contribution in [-0.4, -0.2) is 4.98 Å². The summed E-state index contributed by atoms with van der Waals surface area (Å²) < 4.78 is 14.5. The number of hydrogen-bond donors (Lipinski definition) is 1. The Hall–Kier alpha value is -0.940. The molecule has 0 aliphatic rings. The second-order valence-corrected chi connectivity index (χ2v) is 6.02. The lowest BCUT2D eigenvalue weighted by Crippen LogP contribution is -1.90. The average Bonchev–Trinajstić information content (AvgIpc) is 2.64. The number of nitrogens with zero attached hydrogens (tertiary/aromatic N) is 1. The van der Waals surface area contributed by atoms with E-state index in [0.717, 1.165) is 9.48 Å². The van der Waals surface area contributed by atoms with Crippen molar-refractivity contribution >= 4 is 32.3 Å². The lowest BCUT2D eigenvalue weighted by Gasteiger charge is -2.02. The van der Waals surface area contributed by atoms with Crippen LogP contribution in [0.15, 0.2) is 22.7 Å². The largest absolute Gasteiger partial charge is 0.389 e. The van der Waals surface area contributed by atoms with Crippen molar-refractivity contribution in [3.05, 3.63) is 33.5 Å². The van der Waals surface area contributed by atoms with E-state index in [4.69, 9.17) is 5.73 Å². The SMILES string of the molecule is CC(C)c1nc(-c2cc(Br)ccc2F)c(N)s1. The molecule has 0 aliphatic heterocycles. The first-order valence-electron chi connectivity index (χ1n) is 5.20. The fraction of sp³-hybridized carbons (Fsp3) is 0.250. The first kappa shape index (κ1) is 12.5. The van der Waals surface area contributed by atoms with Gasteiger partial charge in [0.05, 0.1) is 5.01 Å². The number of halogens is 2. The van der Waals surface area contributed by atoms with Gasteiger partial charge in [0.1, 0.15) is 16.5 Å². The maximum absolute atomic E-state index is 13.7. The van der Waals surface area contributed by atoms with Crippen molar-refractivity contribution in [2.75, 3.05) is 5.73 Å². The molecule has 0 bridgehead atoms. The van der Waals surface area contributed by atoms with Crippen molar-refractivity contribution < 1.29 is 4.39 Å². The van der Waals surface area contributed by atoms with E-state index in [1.807, 2.05) is 13.8 Å². The molecule has 0 amide bonds. The number of hydrogen-bond acceptors (Lipinski definition) is 3. The Labute approximate surface area is 112 Å². The third kappa shape index (κ3) is 2.50. The molecule has 0 atom stereocenters. The molecule has 2 rings (SSSR count). The zero-order valence-corrected chi connectivity index (χ0v) is 11.9. The molecule has 17 heavy (non-hydrogen) atoms. The molecule has 90 valence electrons. The summed E-state index contributed by atoms with van der Waals surface area (Å²) in [6.45, 7) is 4.08. The number of anilines is 1. The third-order valence-electron chi connectivity index (χ3n) is 2.35. The maximum atomic E-state index is 13.7. The molecule has 2 N–H and O–H groups in total. The highest BCUT2D eigenvalue weighted by molar-refractivity contribution is 9.10. The number of aromatic nitrogens is 1. The van der Waals surface area contributed by atoms with E-state index >= 15 is 0 Å². The van der Waals surface area contributed by atoms with Crippen LogP contribution < -0.4 is 5.73 Å². The van der Waals surface area contributed by atoms with Gasteiger partial charge >= 0.3 is 0 Å². The minimum atomic E-state index is -0.305. The number of thiazole rings is 1. The minimum absolute atomic E-state index is 0.297. The van der Waals surface area contributed by atoms with Crippen molar-refractivity contribution in [2.45, 2.75) is 19.8 Å². The second kappa shape index (κ2) is 4.74. The summed E-state index contributed by atoms with van der Waals surface area (Å²) in [4.78, 5) is 4.41. The van der Waals surface area contributed by atoms with Crippen LogP contribution in [0.3, 0.4) is 0 Å². The van der Waals surface area contributed by atoms with Gasteiger partial charge in [-0.2, -0.15) is 0 Å². The summed E-state index contributed by atoms with van der Waals surface area (Å²) in [5.41, 5.74) is 6.89. The number of nitrogen functional groups attached to an aromatic ring is 1. The minimum Gasteiger partial charge on any atom is -0.389 e. The normalized spacial score (nSPS) is 11.1. The van der Waals surface area contributed by atoms with Crippen LogP contribution in [0.1, 0.15) is 24.8 Å². The van der Waals surface area contributed by atoms with Gasteiger partial charge in [0.25, 0.3) is 0 Å². The molecule has 1 aromatic carbocycles. The molecule has 0 saturated carbocycles. The molecule has 0 unspecified atom stereocenters. The van der Waals surface area contributed by atoms with Crippen LogP contribution in [0.25, 0.3) is 11.3 Å². The number of benzene rings is 1. The molecule has 1 heterocycles. The van der Waals surface area contributed by atoms with Gasteiger partial charge in [0, 0.05) is 16.0 Å². The number of nitrogens with two attached hydrogens (primary N) is 1. The predicted molar refractivity (Wildman–Crippen MR) is 73.7 cm³/mol. The quantitative estimate of drug-likeness (QED) is 0.891. The zero-order chi connectivity index (χ0) is 12.6. The summed E-state index contributed by atoms with van der Waals surface area (Å²) in [5.74, 6) is -0.00762. The van der Waals surface area contributed by atoms with E-state index in [1.165, 1.54) is 17.4 Å². The Morgan fingerprint density at radius 1 is 1.41 bits per heavy atom. The van der Waals surface area contributed by atoms with Crippen LogP contribution in [0.2, 0.25) is 0 Å². The van der Waals surface area contributed by atoms with Crippen LogP contribution >= 0.6 is 27.3 Å². The van der Waals surface area contributed by atoms with Crippen LogP contribution in [-0.2, 0) is 0 Å². The molecule has 0 aliphatic carbocycles. The molecule has 0 fully saturated rings. The van der Waals surface area contributed by atoms with Crippen molar-refractivity contribution in [2.24, 2.45) is 0 Å². The Morgan fingerprint density at radius 2 is 2.12 bits per heavy atom. The third-order valence-corrected chi connectivity index (χ3v) is 4.03. The number of rotatable bonds is 2. The summed E-state index contributed by atoms with van der Waals surface area (Å²) in [6.07, 6.45) is 0. The molecule has 0 saturated heterocycles. The monoisotopic (exact) mass is 314 g/mol. The molecule has 2 nitrogen and oxygen atoms in total. The van der Waals surface area contributed by atoms with Crippen LogP contribution in [0.4, 0.5) is 9.39 Å². The summed E-state index contributed by atoms with van der Waals surface area (Å²) >= 11 is 4.74. The van der Waals surface area contributed by atoms with Gasteiger partial charge in [-0.05, 0) is 18.2 Å². The predicted octanol–water partition coefficient (Wildman–Crippen LogP) is 4.42. The molecule has 1 aromatic heterocycles. The first-order chi connectivity index (χ1) is 7.99. The fourth-order valence-corrected chi connectivity index (χ4v) is 2.68. The average molecular weight is 315 g/mol. The molecule has 0 radical (unpaired) electrons. The van der Waals surface area contributed by atoms with E-state index in [9.17, 15) is 4.39 Å². The van der Waals surface area contributed by atoms with Crippen LogP contribution in [0.5, 0.6) is 0 Å². The van der Waals surface area contributed by atoms with E-state index in [0.29, 0.717) is 22.2 Å². The van der Waals surface area contributed by atoms with Gasteiger partial charge in [0.2, 0.25) is 0 Å². The summed E-state index contributed by atoms with van der Waals surface area (Å²) in [7, 11) is 0. The van der Waals surface area contributed by atoms with Gasteiger partial charge in [-0.25, -0.2) is 9.37 Å². The van der Waals surface area contributed by atoms with Crippen molar-refractivity contribution in [1.82, 2.24) is 4.98 Å². The van der Waals surface area contributed by atoms with Gasteiger partial charge in [-0.3, -0.25) is 0 Å². The lowest BCUT2D eigenvalue weighted by molar-refractivity contribution is 0.630. The van der Waals surface area contributed by atoms with E-state index in [2.05, 4.69) is 20.9 Å². The van der Waals surface area contributed by atoms with Crippen molar-refractivity contribution in [3.8, 4) is 11.3 Å².